The highest BCUT2D eigenvalue weighted by Crippen LogP contribution is 2.29. The molecule has 1 amide bonds. The Kier molecular flexibility index (Phi) is 6.66. The molecule has 0 spiro atoms. The lowest BCUT2D eigenvalue weighted by Crippen LogP contribution is -2.30. The van der Waals surface area contributed by atoms with Gasteiger partial charge in [0.05, 0.1) is 12.0 Å². The van der Waals surface area contributed by atoms with E-state index in [-0.39, 0.29) is 6.42 Å². The van der Waals surface area contributed by atoms with E-state index >= 15 is 0 Å². The first-order valence-electron chi connectivity index (χ1n) is 8.50. The number of anilines is 2. The van der Waals surface area contributed by atoms with Crippen LogP contribution >= 0.6 is 0 Å². The number of ether oxygens (including phenoxy) is 1. The second-order valence-electron chi connectivity index (χ2n) is 6.43. The number of nitrogens with one attached hydrogen (secondary N) is 1. The Hall–Kier alpha value is -3.03. The summed E-state index contributed by atoms with van der Waals surface area (Å²) in [4.78, 5) is 26.0. The fourth-order valence-electron chi connectivity index (χ4n) is 2.36. The Balaban J connectivity index is 1.88. The SMILES string of the molecule is C[C@H](OC(=O)Cc1ccc(C(F)(F)F)cc1)C(=O)Nc1ccc(N(C)C)cc1. The van der Waals surface area contributed by atoms with Crippen molar-refractivity contribution in [3.05, 3.63) is 59.7 Å². The van der Waals surface area contributed by atoms with Crippen molar-refractivity contribution in [2.24, 2.45) is 0 Å². The van der Waals surface area contributed by atoms with E-state index in [1.807, 2.05) is 31.1 Å². The highest BCUT2D eigenvalue weighted by molar-refractivity contribution is 5.95. The number of nitrogens with zero attached hydrogens (tertiary/aromatic N) is 1. The molecule has 0 fully saturated rings. The molecule has 2 aromatic rings. The van der Waals surface area contributed by atoms with Gasteiger partial charge in [-0.1, -0.05) is 12.1 Å². The topological polar surface area (TPSA) is 58.6 Å². The second kappa shape index (κ2) is 8.77. The van der Waals surface area contributed by atoms with Gasteiger partial charge >= 0.3 is 12.1 Å². The molecule has 0 aliphatic rings. The lowest BCUT2D eigenvalue weighted by molar-refractivity contribution is -0.152. The zero-order valence-electron chi connectivity index (χ0n) is 15.7. The minimum absolute atomic E-state index is 0.229. The predicted molar refractivity (Wildman–Crippen MR) is 100 cm³/mol. The molecule has 150 valence electrons. The number of carbonyl (C=O) groups is 2. The minimum Gasteiger partial charge on any atom is -0.452 e. The first kappa shape index (κ1) is 21.3. The van der Waals surface area contributed by atoms with Crippen LogP contribution in [0.15, 0.2) is 48.5 Å². The van der Waals surface area contributed by atoms with E-state index in [1.165, 1.54) is 19.1 Å². The number of esters is 1. The number of alkyl halides is 3. The van der Waals surface area contributed by atoms with Gasteiger partial charge in [-0.3, -0.25) is 9.59 Å². The first-order chi connectivity index (χ1) is 13.1. The van der Waals surface area contributed by atoms with Gasteiger partial charge in [0.25, 0.3) is 5.91 Å². The van der Waals surface area contributed by atoms with Gasteiger partial charge in [0.2, 0.25) is 0 Å². The van der Waals surface area contributed by atoms with Crippen LogP contribution in [-0.2, 0) is 26.9 Å². The van der Waals surface area contributed by atoms with Crippen molar-refractivity contribution in [2.45, 2.75) is 25.6 Å². The molecule has 1 N–H and O–H groups in total. The average Bonchev–Trinajstić information content (AvgIpc) is 2.61. The van der Waals surface area contributed by atoms with Crippen molar-refractivity contribution < 1.29 is 27.5 Å². The second-order valence-corrected chi connectivity index (χ2v) is 6.43. The van der Waals surface area contributed by atoms with Gasteiger partial charge in [0.15, 0.2) is 6.10 Å². The smallest absolute Gasteiger partial charge is 0.416 e. The van der Waals surface area contributed by atoms with Gasteiger partial charge in [0, 0.05) is 25.5 Å². The molecule has 28 heavy (non-hydrogen) atoms. The number of hydrogen-bond donors (Lipinski definition) is 1. The third-order valence-electron chi connectivity index (χ3n) is 3.96. The van der Waals surface area contributed by atoms with Crippen molar-refractivity contribution in [3.63, 3.8) is 0 Å². The molecule has 0 saturated heterocycles. The van der Waals surface area contributed by atoms with E-state index in [4.69, 9.17) is 4.74 Å². The summed E-state index contributed by atoms with van der Waals surface area (Å²) < 4.78 is 42.7. The molecule has 8 heteroatoms. The van der Waals surface area contributed by atoms with Crippen LogP contribution in [0, 0.1) is 0 Å². The normalized spacial score (nSPS) is 12.2. The van der Waals surface area contributed by atoms with Gasteiger partial charge in [-0.05, 0) is 48.9 Å². The third-order valence-corrected chi connectivity index (χ3v) is 3.96. The number of halogens is 3. The quantitative estimate of drug-likeness (QED) is 0.756. The molecule has 0 aliphatic carbocycles. The summed E-state index contributed by atoms with van der Waals surface area (Å²) in [7, 11) is 3.79. The maximum atomic E-state index is 12.5. The van der Waals surface area contributed by atoms with E-state index in [2.05, 4.69) is 5.32 Å². The van der Waals surface area contributed by atoms with Crippen LogP contribution < -0.4 is 10.2 Å². The number of benzene rings is 2. The van der Waals surface area contributed by atoms with E-state index in [0.29, 0.717) is 11.3 Å². The number of carbonyl (C=O) groups excluding carboxylic acids is 2. The highest BCUT2D eigenvalue weighted by atomic mass is 19.4. The zero-order valence-corrected chi connectivity index (χ0v) is 15.7. The molecule has 5 nitrogen and oxygen atoms in total. The summed E-state index contributed by atoms with van der Waals surface area (Å²) in [5.74, 6) is -1.20. The number of amides is 1. The molecule has 1 atom stereocenters. The van der Waals surface area contributed by atoms with Gasteiger partial charge in [-0.25, -0.2) is 0 Å². The van der Waals surface area contributed by atoms with Crippen molar-refractivity contribution in [3.8, 4) is 0 Å². The summed E-state index contributed by atoms with van der Waals surface area (Å²) >= 11 is 0. The molecule has 0 aliphatic heterocycles. The Morgan fingerprint density at radius 2 is 1.61 bits per heavy atom. The van der Waals surface area contributed by atoms with Crippen LogP contribution in [-0.4, -0.2) is 32.1 Å². The van der Waals surface area contributed by atoms with Crippen molar-refractivity contribution in [1.82, 2.24) is 0 Å². The maximum Gasteiger partial charge on any atom is 0.416 e. The van der Waals surface area contributed by atoms with Gasteiger partial charge in [-0.2, -0.15) is 13.2 Å². The van der Waals surface area contributed by atoms with E-state index in [1.54, 1.807) is 12.1 Å². The molecule has 2 aromatic carbocycles. The summed E-state index contributed by atoms with van der Waals surface area (Å²) in [6, 6.07) is 11.3. The fourth-order valence-corrected chi connectivity index (χ4v) is 2.36. The number of rotatable bonds is 6. The molecular formula is C20H21F3N2O3. The molecule has 0 bridgehead atoms. The van der Waals surface area contributed by atoms with Crippen molar-refractivity contribution >= 4 is 23.3 Å². The Bertz CT molecular complexity index is 816. The maximum absolute atomic E-state index is 12.5. The van der Waals surface area contributed by atoms with Gasteiger partial charge in [0.1, 0.15) is 0 Å². The molecule has 0 heterocycles. The van der Waals surface area contributed by atoms with Crippen LogP contribution in [0.4, 0.5) is 24.5 Å². The van der Waals surface area contributed by atoms with Gasteiger partial charge < -0.3 is 15.0 Å². The predicted octanol–water partition coefficient (Wildman–Crippen LogP) is 3.88. The van der Waals surface area contributed by atoms with Gasteiger partial charge in [-0.15, -0.1) is 0 Å². The average molecular weight is 394 g/mol. The fraction of sp³-hybridized carbons (Fsp3) is 0.300. The summed E-state index contributed by atoms with van der Waals surface area (Å²) in [6.07, 6.45) is -5.71. The Labute approximate surface area is 161 Å². The summed E-state index contributed by atoms with van der Waals surface area (Å²) in [5.41, 5.74) is 1.10. The van der Waals surface area contributed by atoms with E-state index < -0.39 is 29.7 Å². The molecule has 0 aromatic heterocycles. The third kappa shape index (κ3) is 6.00. The monoisotopic (exact) mass is 394 g/mol. The van der Waals surface area contributed by atoms with Crippen LogP contribution in [0.1, 0.15) is 18.1 Å². The molecule has 0 unspecified atom stereocenters. The van der Waals surface area contributed by atoms with Crippen LogP contribution in [0.25, 0.3) is 0 Å². The van der Waals surface area contributed by atoms with Crippen LogP contribution in [0.3, 0.4) is 0 Å². The zero-order chi connectivity index (χ0) is 20.9. The van der Waals surface area contributed by atoms with Crippen LogP contribution in [0.2, 0.25) is 0 Å². The standard InChI is InChI=1S/C20H21F3N2O3/c1-13(19(27)24-16-8-10-17(11-9-16)25(2)3)28-18(26)12-14-4-6-15(7-5-14)20(21,22)23/h4-11,13H,12H2,1-3H3,(H,24,27)/t13-/m0/s1. The lowest BCUT2D eigenvalue weighted by Gasteiger charge is -2.15. The largest absolute Gasteiger partial charge is 0.452 e. The summed E-state index contributed by atoms with van der Waals surface area (Å²) in [6.45, 7) is 1.42. The van der Waals surface area contributed by atoms with E-state index in [9.17, 15) is 22.8 Å². The number of hydrogen-bond acceptors (Lipinski definition) is 4. The van der Waals surface area contributed by atoms with Crippen molar-refractivity contribution in [1.29, 1.82) is 0 Å². The van der Waals surface area contributed by atoms with E-state index in [0.717, 1.165) is 17.8 Å². The van der Waals surface area contributed by atoms with Crippen molar-refractivity contribution in [2.75, 3.05) is 24.3 Å². The first-order valence-corrected chi connectivity index (χ1v) is 8.50. The van der Waals surface area contributed by atoms with Crippen LogP contribution in [0.5, 0.6) is 0 Å². The Morgan fingerprint density at radius 3 is 2.11 bits per heavy atom. The Morgan fingerprint density at radius 1 is 1.04 bits per heavy atom. The summed E-state index contributed by atoms with van der Waals surface area (Å²) in [5, 5.41) is 2.64. The molecule has 0 saturated carbocycles. The molecule has 2 rings (SSSR count). The molecule has 0 radical (unpaired) electrons. The highest BCUT2D eigenvalue weighted by Gasteiger charge is 2.30. The molecular weight excluding hydrogens is 373 g/mol. The minimum atomic E-state index is -4.43. The lowest BCUT2D eigenvalue weighted by atomic mass is 10.1.